The van der Waals surface area contributed by atoms with Crippen LogP contribution in [0.2, 0.25) is 0 Å². The Morgan fingerprint density at radius 1 is 1.30 bits per heavy atom. The van der Waals surface area contributed by atoms with E-state index in [2.05, 4.69) is 17.4 Å². The number of hydrogen-bond acceptors (Lipinski definition) is 2. The van der Waals surface area contributed by atoms with E-state index in [9.17, 15) is 9.90 Å². The lowest BCUT2D eigenvalue weighted by molar-refractivity contribution is 0.0553. The average Bonchev–Trinajstić information content (AvgIpc) is 2.49. The zero-order valence-electron chi connectivity index (χ0n) is 12.1. The Balaban J connectivity index is 1.96. The molecule has 1 aliphatic rings. The quantitative estimate of drug-likeness (QED) is 0.884. The number of hydrogen-bond donors (Lipinski definition) is 2. The Bertz CT molecular complexity index is 425. The van der Waals surface area contributed by atoms with E-state index >= 15 is 0 Å². The van der Waals surface area contributed by atoms with Crippen molar-refractivity contribution >= 4 is 6.03 Å². The summed E-state index contributed by atoms with van der Waals surface area (Å²) in [5, 5.41) is 12.6. The number of rotatable bonds is 4. The van der Waals surface area contributed by atoms with Crippen LogP contribution in [-0.2, 0) is 6.42 Å². The first-order valence-corrected chi connectivity index (χ1v) is 7.37. The van der Waals surface area contributed by atoms with Crippen molar-refractivity contribution in [2.24, 2.45) is 5.41 Å². The van der Waals surface area contributed by atoms with E-state index in [4.69, 9.17) is 0 Å². The van der Waals surface area contributed by atoms with Gasteiger partial charge in [0, 0.05) is 31.7 Å². The van der Waals surface area contributed by atoms with Gasteiger partial charge in [0.05, 0.1) is 0 Å². The lowest BCUT2D eigenvalue weighted by Crippen LogP contribution is -2.49. The van der Waals surface area contributed by atoms with E-state index in [0.717, 1.165) is 32.4 Å². The van der Waals surface area contributed by atoms with Crippen LogP contribution in [0.15, 0.2) is 30.3 Å². The molecule has 0 radical (unpaired) electrons. The van der Waals surface area contributed by atoms with Gasteiger partial charge in [-0.3, -0.25) is 0 Å². The van der Waals surface area contributed by atoms with Crippen LogP contribution in [0.3, 0.4) is 0 Å². The van der Waals surface area contributed by atoms with Gasteiger partial charge in [0.2, 0.25) is 0 Å². The Morgan fingerprint density at radius 3 is 2.50 bits per heavy atom. The molecule has 1 aliphatic heterocycles. The highest BCUT2D eigenvalue weighted by atomic mass is 16.3. The maximum Gasteiger partial charge on any atom is 0.317 e. The second-order valence-electron chi connectivity index (χ2n) is 5.64. The van der Waals surface area contributed by atoms with Gasteiger partial charge in [-0.1, -0.05) is 30.3 Å². The van der Waals surface area contributed by atoms with Crippen LogP contribution >= 0.6 is 0 Å². The normalized spacial score (nSPS) is 17.8. The predicted molar refractivity (Wildman–Crippen MR) is 79.5 cm³/mol. The summed E-state index contributed by atoms with van der Waals surface area (Å²) < 4.78 is 0. The van der Waals surface area contributed by atoms with Crippen molar-refractivity contribution in [2.75, 3.05) is 26.2 Å². The maximum absolute atomic E-state index is 11.8. The number of benzene rings is 1. The van der Waals surface area contributed by atoms with Crippen molar-refractivity contribution in [2.45, 2.75) is 26.2 Å². The van der Waals surface area contributed by atoms with Crippen LogP contribution in [0, 0.1) is 5.41 Å². The number of carbonyl (C=O) groups excluding carboxylic acids is 1. The van der Waals surface area contributed by atoms with Gasteiger partial charge < -0.3 is 15.3 Å². The van der Waals surface area contributed by atoms with Crippen LogP contribution in [-0.4, -0.2) is 42.3 Å². The molecule has 4 heteroatoms. The average molecular weight is 276 g/mol. The van der Waals surface area contributed by atoms with Crippen molar-refractivity contribution in [1.29, 1.82) is 0 Å². The summed E-state index contributed by atoms with van der Waals surface area (Å²) in [6, 6.07) is 10.3. The molecule has 1 fully saturated rings. The minimum absolute atomic E-state index is 0.0127. The Morgan fingerprint density at radius 2 is 1.95 bits per heavy atom. The van der Waals surface area contributed by atoms with Crippen molar-refractivity contribution in [3.05, 3.63) is 35.9 Å². The molecule has 0 aliphatic carbocycles. The highest BCUT2D eigenvalue weighted by Gasteiger charge is 2.35. The van der Waals surface area contributed by atoms with Gasteiger partial charge in [-0.25, -0.2) is 4.79 Å². The second kappa shape index (κ2) is 6.75. The number of amides is 2. The van der Waals surface area contributed by atoms with Gasteiger partial charge in [0.25, 0.3) is 0 Å². The molecule has 110 valence electrons. The van der Waals surface area contributed by atoms with Gasteiger partial charge in [-0.15, -0.1) is 0 Å². The standard InChI is InChI=1S/C16H24N2O2/c1-2-17-15(20)18-10-8-16(13-19,9-11-18)12-14-6-4-3-5-7-14/h3-7,19H,2,8-13H2,1H3,(H,17,20). The SMILES string of the molecule is CCNC(=O)N1CCC(CO)(Cc2ccccc2)CC1. The predicted octanol–water partition coefficient (Wildman–Crippen LogP) is 2.03. The number of aliphatic hydroxyl groups excluding tert-OH is 1. The number of carbonyl (C=O) groups is 1. The van der Waals surface area contributed by atoms with Crippen molar-refractivity contribution in [1.82, 2.24) is 10.2 Å². The first kappa shape index (κ1) is 14.9. The van der Waals surface area contributed by atoms with Crippen LogP contribution in [0.5, 0.6) is 0 Å². The molecule has 1 heterocycles. The van der Waals surface area contributed by atoms with Crippen LogP contribution < -0.4 is 5.32 Å². The van der Waals surface area contributed by atoms with E-state index in [1.54, 1.807) is 0 Å². The maximum atomic E-state index is 11.8. The number of piperidine rings is 1. The number of urea groups is 1. The summed E-state index contributed by atoms with van der Waals surface area (Å²) >= 11 is 0. The molecular weight excluding hydrogens is 252 g/mol. The van der Waals surface area contributed by atoms with Crippen LogP contribution in [0.4, 0.5) is 4.79 Å². The summed E-state index contributed by atoms with van der Waals surface area (Å²) in [7, 11) is 0. The number of nitrogens with zero attached hydrogens (tertiary/aromatic N) is 1. The highest BCUT2D eigenvalue weighted by molar-refractivity contribution is 5.74. The molecule has 0 atom stereocenters. The third kappa shape index (κ3) is 3.51. The summed E-state index contributed by atoms with van der Waals surface area (Å²) in [5.74, 6) is 0. The van der Waals surface area contributed by atoms with Gasteiger partial charge in [0.1, 0.15) is 0 Å². The molecule has 2 amide bonds. The largest absolute Gasteiger partial charge is 0.396 e. The molecule has 2 N–H and O–H groups in total. The molecule has 0 bridgehead atoms. The highest BCUT2D eigenvalue weighted by Crippen LogP contribution is 2.34. The molecule has 20 heavy (non-hydrogen) atoms. The van der Waals surface area contributed by atoms with Gasteiger partial charge >= 0.3 is 6.03 Å². The molecule has 0 aromatic heterocycles. The molecule has 1 aromatic rings. The number of aliphatic hydroxyl groups is 1. The molecule has 0 saturated carbocycles. The fraction of sp³-hybridized carbons (Fsp3) is 0.562. The molecular formula is C16H24N2O2. The first-order chi connectivity index (χ1) is 9.69. The van der Waals surface area contributed by atoms with Crippen molar-refractivity contribution in [3.63, 3.8) is 0 Å². The van der Waals surface area contributed by atoms with Gasteiger partial charge in [0.15, 0.2) is 0 Å². The smallest absolute Gasteiger partial charge is 0.317 e. The molecule has 1 saturated heterocycles. The summed E-state index contributed by atoms with van der Waals surface area (Å²) in [5.41, 5.74) is 1.18. The fourth-order valence-electron chi connectivity index (χ4n) is 2.87. The molecule has 0 spiro atoms. The Hall–Kier alpha value is -1.55. The second-order valence-corrected chi connectivity index (χ2v) is 5.64. The topological polar surface area (TPSA) is 52.6 Å². The zero-order valence-corrected chi connectivity index (χ0v) is 12.1. The number of likely N-dealkylation sites (tertiary alicyclic amines) is 1. The third-order valence-electron chi connectivity index (χ3n) is 4.20. The number of nitrogens with one attached hydrogen (secondary N) is 1. The molecule has 0 unspecified atom stereocenters. The molecule has 2 rings (SSSR count). The lowest BCUT2D eigenvalue weighted by atomic mass is 9.74. The summed E-state index contributed by atoms with van der Waals surface area (Å²) in [6.45, 7) is 4.21. The summed E-state index contributed by atoms with van der Waals surface area (Å²) in [4.78, 5) is 13.7. The Labute approximate surface area is 120 Å². The summed E-state index contributed by atoms with van der Waals surface area (Å²) in [6.07, 6.45) is 2.60. The van der Waals surface area contributed by atoms with Crippen LogP contribution in [0.25, 0.3) is 0 Å². The minimum Gasteiger partial charge on any atom is -0.396 e. The van der Waals surface area contributed by atoms with E-state index in [-0.39, 0.29) is 18.1 Å². The van der Waals surface area contributed by atoms with E-state index in [0.29, 0.717) is 6.54 Å². The zero-order chi connectivity index (χ0) is 14.4. The van der Waals surface area contributed by atoms with E-state index < -0.39 is 0 Å². The third-order valence-corrected chi connectivity index (χ3v) is 4.20. The van der Waals surface area contributed by atoms with Crippen molar-refractivity contribution in [3.8, 4) is 0 Å². The Kier molecular flexibility index (Phi) is 5.01. The van der Waals surface area contributed by atoms with Crippen LogP contribution in [0.1, 0.15) is 25.3 Å². The molecule has 4 nitrogen and oxygen atoms in total. The van der Waals surface area contributed by atoms with E-state index in [1.807, 2.05) is 30.0 Å². The lowest BCUT2D eigenvalue weighted by Gasteiger charge is -2.40. The van der Waals surface area contributed by atoms with Gasteiger partial charge in [-0.05, 0) is 31.7 Å². The van der Waals surface area contributed by atoms with Gasteiger partial charge in [-0.2, -0.15) is 0 Å². The minimum atomic E-state index is -0.0790. The molecule has 1 aromatic carbocycles. The fourth-order valence-corrected chi connectivity index (χ4v) is 2.87. The van der Waals surface area contributed by atoms with Crippen molar-refractivity contribution < 1.29 is 9.90 Å². The first-order valence-electron chi connectivity index (χ1n) is 7.37. The van der Waals surface area contributed by atoms with E-state index in [1.165, 1.54) is 5.56 Å². The monoisotopic (exact) mass is 276 g/mol.